The van der Waals surface area contributed by atoms with E-state index in [2.05, 4.69) is 25.8 Å². The normalized spacial score (nSPS) is 10.3. The molecule has 0 aliphatic carbocycles. The molecular formula is C13H10N6O2. The average molecular weight is 282 g/mol. The van der Waals surface area contributed by atoms with Gasteiger partial charge in [-0.1, -0.05) is 0 Å². The number of rotatable bonds is 3. The summed E-state index contributed by atoms with van der Waals surface area (Å²) in [5.41, 5.74) is 1.66. The highest BCUT2D eigenvalue weighted by molar-refractivity contribution is 6.04. The van der Waals surface area contributed by atoms with Crippen LogP contribution in [0.25, 0.3) is 5.69 Å². The molecule has 8 heteroatoms. The fourth-order valence-corrected chi connectivity index (χ4v) is 1.73. The first-order chi connectivity index (χ1) is 10.2. The van der Waals surface area contributed by atoms with Gasteiger partial charge in [0.1, 0.15) is 12.1 Å². The van der Waals surface area contributed by atoms with Crippen LogP contribution in [0.3, 0.4) is 0 Å². The van der Waals surface area contributed by atoms with E-state index in [9.17, 15) is 9.90 Å². The zero-order valence-corrected chi connectivity index (χ0v) is 10.7. The fraction of sp³-hybridized carbons (Fsp3) is 0. The summed E-state index contributed by atoms with van der Waals surface area (Å²) in [6, 6.07) is 8.34. The summed E-state index contributed by atoms with van der Waals surface area (Å²) in [6.07, 6.45) is 4.12. The Morgan fingerprint density at radius 3 is 2.67 bits per heavy atom. The number of carbonyl (C=O) groups is 1. The molecule has 1 amide bonds. The minimum Gasteiger partial charge on any atom is -0.506 e. The molecule has 0 atom stereocenters. The first kappa shape index (κ1) is 12.7. The van der Waals surface area contributed by atoms with Gasteiger partial charge in [-0.15, -0.1) is 5.10 Å². The minimum absolute atomic E-state index is 0.0586. The molecule has 1 aromatic carbocycles. The van der Waals surface area contributed by atoms with Gasteiger partial charge in [-0.2, -0.15) is 0 Å². The van der Waals surface area contributed by atoms with Gasteiger partial charge >= 0.3 is 0 Å². The molecule has 3 aromatic rings. The molecule has 0 unspecified atom stereocenters. The number of carbonyl (C=O) groups excluding carboxylic acids is 1. The van der Waals surface area contributed by atoms with Gasteiger partial charge in [-0.05, 0) is 40.8 Å². The topological polar surface area (TPSA) is 106 Å². The van der Waals surface area contributed by atoms with Crippen LogP contribution >= 0.6 is 0 Å². The number of hydrogen-bond donors (Lipinski definition) is 2. The van der Waals surface area contributed by atoms with E-state index in [1.165, 1.54) is 29.5 Å². The summed E-state index contributed by atoms with van der Waals surface area (Å²) in [5, 5.41) is 22.9. The maximum Gasteiger partial charge on any atom is 0.257 e. The van der Waals surface area contributed by atoms with Crippen molar-refractivity contribution in [1.82, 2.24) is 25.2 Å². The lowest BCUT2D eigenvalue weighted by Gasteiger charge is -2.06. The second-order valence-electron chi connectivity index (χ2n) is 4.19. The summed E-state index contributed by atoms with van der Waals surface area (Å²) < 4.78 is 1.50. The summed E-state index contributed by atoms with van der Waals surface area (Å²) in [7, 11) is 0. The molecule has 0 radical (unpaired) electrons. The van der Waals surface area contributed by atoms with Crippen molar-refractivity contribution in [2.45, 2.75) is 0 Å². The van der Waals surface area contributed by atoms with E-state index >= 15 is 0 Å². The maximum absolute atomic E-state index is 12.0. The Morgan fingerprint density at radius 1 is 1.19 bits per heavy atom. The highest BCUT2D eigenvalue weighted by atomic mass is 16.3. The third-order valence-electron chi connectivity index (χ3n) is 2.72. The van der Waals surface area contributed by atoms with Crippen molar-refractivity contribution in [3.63, 3.8) is 0 Å². The molecule has 21 heavy (non-hydrogen) atoms. The summed E-state index contributed by atoms with van der Waals surface area (Å²) in [5.74, 6) is -0.412. The number of anilines is 1. The number of aromatic hydroxyl groups is 1. The molecule has 0 fully saturated rings. The van der Waals surface area contributed by atoms with Crippen LogP contribution in [0.2, 0.25) is 0 Å². The summed E-state index contributed by atoms with van der Waals surface area (Å²) in [4.78, 5) is 15.7. The van der Waals surface area contributed by atoms with Crippen LogP contribution in [0.5, 0.6) is 5.75 Å². The van der Waals surface area contributed by atoms with Crippen LogP contribution in [0.15, 0.2) is 49.1 Å². The predicted octanol–water partition coefficient (Wildman–Crippen LogP) is 1.02. The Morgan fingerprint density at radius 2 is 2.00 bits per heavy atom. The smallest absolute Gasteiger partial charge is 0.257 e. The largest absolute Gasteiger partial charge is 0.506 e. The standard InChI is InChI=1S/C13H10N6O2/c20-12-5-9(6-14-7-12)13(21)16-10-1-3-11(4-2-10)19-8-15-17-18-19/h1-8,20H,(H,16,21). The number of tetrazole rings is 1. The average Bonchev–Trinajstić information content (AvgIpc) is 3.02. The van der Waals surface area contributed by atoms with E-state index in [0.717, 1.165) is 5.69 Å². The van der Waals surface area contributed by atoms with E-state index in [1.807, 2.05) is 0 Å². The lowest BCUT2D eigenvalue weighted by Crippen LogP contribution is -2.12. The van der Waals surface area contributed by atoms with Gasteiger partial charge in [0.15, 0.2) is 0 Å². The third-order valence-corrected chi connectivity index (χ3v) is 2.72. The van der Waals surface area contributed by atoms with Crippen LogP contribution in [-0.4, -0.2) is 36.2 Å². The first-order valence-corrected chi connectivity index (χ1v) is 6.01. The predicted molar refractivity (Wildman–Crippen MR) is 73.0 cm³/mol. The minimum atomic E-state index is -0.353. The maximum atomic E-state index is 12.0. The van der Waals surface area contributed by atoms with Crippen molar-refractivity contribution in [2.75, 3.05) is 5.32 Å². The molecule has 104 valence electrons. The Hall–Kier alpha value is -3.29. The molecule has 0 spiro atoms. The zero-order valence-electron chi connectivity index (χ0n) is 10.7. The van der Waals surface area contributed by atoms with E-state index in [1.54, 1.807) is 24.3 Å². The number of nitrogens with zero attached hydrogens (tertiary/aromatic N) is 5. The Labute approximate surface area is 119 Å². The zero-order chi connectivity index (χ0) is 14.7. The van der Waals surface area contributed by atoms with Crippen molar-refractivity contribution < 1.29 is 9.90 Å². The van der Waals surface area contributed by atoms with Crippen LogP contribution in [0.4, 0.5) is 5.69 Å². The fourth-order valence-electron chi connectivity index (χ4n) is 1.73. The van der Waals surface area contributed by atoms with E-state index < -0.39 is 0 Å². The van der Waals surface area contributed by atoms with Gasteiger partial charge < -0.3 is 10.4 Å². The number of nitrogens with one attached hydrogen (secondary N) is 1. The van der Waals surface area contributed by atoms with Gasteiger partial charge in [-0.25, -0.2) is 4.68 Å². The second kappa shape index (κ2) is 5.37. The molecule has 2 aromatic heterocycles. The third kappa shape index (κ3) is 2.84. The second-order valence-corrected chi connectivity index (χ2v) is 4.19. The molecule has 2 heterocycles. The molecule has 0 bridgehead atoms. The van der Waals surface area contributed by atoms with Crippen molar-refractivity contribution in [3.8, 4) is 11.4 Å². The van der Waals surface area contributed by atoms with Gasteiger partial charge in [0.05, 0.1) is 17.4 Å². The molecular weight excluding hydrogens is 272 g/mol. The molecule has 0 saturated heterocycles. The van der Waals surface area contributed by atoms with Crippen LogP contribution < -0.4 is 5.32 Å². The molecule has 0 aliphatic heterocycles. The van der Waals surface area contributed by atoms with Gasteiger partial charge in [-0.3, -0.25) is 9.78 Å². The first-order valence-electron chi connectivity index (χ1n) is 6.01. The molecule has 8 nitrogen and oxygen atoms in total. The van der Waals surface area contributed by atoms with Crippen molar-refractivity contribution in [1.29, 1.82) is 0 Å². The molecule has 0 saturated carbocycles. The number of hydrogen-bond acceptors (Lipinski definition) is 6. The number of pyridine rings is 1. The van der Waals surface area contributed by atoms with E-state index in [-0.39, 0.29) is 17.2 Å². The highest BCUT2D eigenvalue weighted by Gasteiger charge is 2.07. The van der Waals surface area contributed by atoms with Gasteiger partial charge in [0, 0.05) is 11.9 Å². The summed E-state index contributed by atoms with van der Waals surface area (Å²) in [6.45, 7) is 0. The molecule has 2 N–H and O–H groups in total. The number of benzene rings is 1. The molecule has 3 rings (SSSR count). The number of aromatic nitrogens is 5. The van der Waals surface area contributed by atoms with Crippen molar-refractivity contribution in [3.05, 3.63) is 54.6 Å². The monoisotopic (exact) mass is 282 g/mol. The van der Waals surface area contributed by atoms with Crippen LogP contribution in [-0.2, 0) is 0 Å². The lowest BCUT2D eigenvalue weighted by molar-refractivity contribution is 0.102. The van der Waals surface area contributed by atoms with Crippen molar-refractivity contribution in [2.24, 2.45) is 0 Å². The van der Waals surface area contributed by atoms with Crippen molar-refractivity contribution >= 4 is 11.6 Å². The Kier molecular flexibility index (Phi) is 3.26. The van der Waals surface area contributed by atoms with E-state index in [0.29, 0.717) is 5.69 Å². The van der Waals surface area contributed by atoms with E-state index in [4.69, 9.17) is 0 Å². The molecule has 0 aliphatic rings. The van der Waals surface area contributed by atoms with Crippen LogP contribution in [0.1, 0.15) is 10.4 Å². The quantitative estimate of drug-likeness (QED) is 0.742. The SMILES string of the molecule is O=C(Nc1ccc(-n2cnnn2)cc1)c1cncc(O)c1. The van der Waals surface area contributed by atoms with Crippen LogP contribution in [0, 0.1) is 0 Å². The summed E-state index contributed by atoms with van der Waals surface area (Å²) >= 11 is 0. The van der Waals surface area contributed by atoms with Gasteiger partial charge in [0.25, 0.3) is 5.91 Å². The lowest BCUT2D eigenvalue weighted by atomic mass is 10.2. The van der Waals surface area contributed by atoms with Gasteiger partial charge in [0.2, 0.25) is 0 Å². The highest BCUT2D eigenvalue weighted by Crippen LogP contribution is 2.14. The Balaban J connectivity index is 1.75. The number of amides is 1. The Bertz CT molecular complexity index is 755.